The lowest BCUT2D eigenvalue weighted by Crippen LogP contribution is -2.24. The number of rotatable bonds is 5. The van der Waals surface area contributed by atoms with Crippen molar-refractivity contribution in [1.29, 1.82) is 0 Å². The molecule has 2 atom stereocenters. The third-order valence-corrected chi connectivity index (χ3v) is 5.44. The van der Waals surface area contributed by atoms with Crippen molar-refractivity contribution >= 4 is 5.69 Å². The van der Waals surface area contributed by atoms with Crippen LogP contribution in [-0.2, 0) is 6.54 Å². The van der Waals surface area contributed by atoms with E-state index in [0.29, 0.717) is 25.1 Å². The minimum Gasteiger partial charge on any atom is -0.391 e. The van der Waals surface area contributed by atoms with Gasteiger partial charge in [-0.2, -0.15) is 0 Å². The first-order valence-corrected chi connectivity index (χ1v) is 9.94. The normalized spacial score (nSPS) is 18.7. The van der Waals surface area contributed by atoms with Gasteiger partial charge in [-0.3, -0.25) is 0 Å². The number of anilines is 1. The summed E-state index contributed by atoms with van der Waals surface area (Å²) < 4.78 is 17.1. The van der Waals surface area contributed by atoms with Gasteiger partial charge in [0.15, 0.2) is 0 Å². The summed E-state index contributed by atoms with van der Waals surface area (Å²) in [7, 11) is 3.94. The summed E-state index contributed by atoms with van der Waals surface area (Å²) in [6.07, 6.45) is 8.97. The first-order chi connectivity index (χ1) is 14.5. The van der Waals surface area contributed by atoms with Crippen LogP contribution in [0.1, 0.15) is 29.4 Å². The Morgan fingerprint density at radius 2 is 1.93 bits per heavy atom. The van der Waals surface area contributed by atoms with Crippen LogP contribution in [-0.4, -0.2) is 46.3 Å². The average molecular weight is 404 g/mol. The summed E-state index contributed by atoms with van der Waals surface area (Å²) in [5, 5.41) is 10.3. The zero-order valence-corrected chi connectivity index (χ0v) is 17.2. The number of β-amino-alcohol motifs (C(OH)–C–C–N with tert-alkyl or cyclic N) is 1. The lowest BCUT2D eigenvalue weighted by Gasteiger charge is -2.27. The van der Waals surface area contributed by atoms with Gasteiger partial charge in [0.05, 0.1) is 18.7 Å². The Kier molecular flexibility index (Phi) is 5.58. The van der Waals surface area contributed by atoms with Gasteiger partial charge >= 0.3 is 0 Å². The van der Waals surface area contributed by atoms with Crippen molar-refractivity contribution in [2.75, 3.05) is 25.5 Å². The number of hydrogen-bond donors (Lipinski definition) is 1. The van der Waals surface area contributed by atoms with Gasteiger partial charge in [0.1, 0.15) is 11.6 Å². The van der Waals surface area contributed by atoms with Crippen molar-refractivity contribution in [3.05, 3.63) is 77.6 Å². The highest BCUT2D eigenvalue weighted by molar-refractivity contribution is 5.54. The first-order valence-electron chi connectivity index (χ1n) is 9.94. The van der Waals surface area contributed by atoms with E-state index in [4.69, 9.17) is 6.42 Å². The molecule has 0 bridgehead atoms. The predicted octanol–water partition coefficient (Wildman–Crippen LogP) is 3.37. The monoisotopic (exact) mass is 404 g/mol. The number of aliphatic hydroxyl groups excluding tert-OH is 1. The van der Waals surface area contributed by atoms with E-state index in [-0.39, 0.29) is 11.9 Å². The van der Waals surface area contributed by atoms with E-state index in [1.165, 1.54) is 0 Å². The van der Waals surface area contributed by atoms with Crippen molar-refractivity contribution in [1.82, 2.24) is 14.5 Å². The van der Waals surface area contributed by atoms with Crippen molar-refractivity contribution in [3.8, 4) is 18.0 Å². The maximum atomic E-state index is 15.2. The highest BCUT2D eigenvalue weighted by Crippen LogP contribution is 2.38. The smallest absolute Gasteiger partial charge is 0.130 e. The molecule has 1 saturated heterocycles. The molecule has 5 nitrogen and oxygen atoms in total. The molecule has 1 N–H and O–H groups in total. The number of hydrogen-bond acceptors (Lipinski definition) is 4. The average Bonchev–Trinajstić information content (AvgIpc) is 3.34. The van der Waals surface area contributed by atoms with Gasteiger partial charge < -0.3 is 19.5 Å². The number of aliphatic hydroxyl groups is 1. The summed E-state index contributed by atoms with van der Waals surface area (Å²) in [4.78, 5) is 8.44. The quantitative estimate of drug-likeness (QED) is 0.663. The molecule has 6 heteroatoms. The topological polar surface area (TPSA) is 44.5 Å². The van der Waals surface area contributed by atoms with E-state index in [2.05, 4.69) is 10.9 Å². The number of nitrogens with zero attached hydrogens (tertiary/aromatic N) is 4. The van der Waals surface area contributed by atoms with Crippen molar-refractivity contribution < 1.29 is 9.50 Å². The largest absolute Gasteiger partial charge is 0.391 e. The molecule has 1 aliphatic heterocycles. The van der Waals surface area contributed by atoms with Crippen LogP contribution in [0.2, 0.25) is 0 Å². The number of aromatic nitrogens is 2. The van der Waals surface area contributed by atoms with E-state index in [1.54, 1.807) is 12.3 Å². The summed E-state index contributed by atoms with van der Waals surface area (Å²) >= 11 is 0. The highest BCUT2D eigenvalue weighted by atomic mass is 19.1. The van der Waals surface area contributed by atoms with E-state index in [0.717, 1.165) is 22.8 Å². The third kappa shape index (κ3) is 3.95. The van der Waals surface area contributed by atoms with Crippen molar-refractivity contribution in [2.45, 2.75) is 25.1 Å². The fourth-order valence-corrected chi connectivity index (χ4v) is 4.05. The molecule has 154 valence electrons. The molecule has 0 radical (unpaired) electrons. The lowest BCUT2D eigenvalue weighted by molar-refractivity contribution is 0.194. The summed E-state index contributed by atoms with van der Waals surface area (Å²) in [5.41, 5.74) is 3.01. The van der Waals surface area contributed by atoms with E-state index in [1.807, 2.05) is 71.1 Å². The van der Waals surface area contributed by atoms with E-state index < -0.39 is 6.10 Å². The standard InChI is InChI=1S/C24H25FN4O/c1-4-17-5-7-18(8-6-17)29-15-20(30)14-23(29)21-10-9-19(13-22(21)25)28-12-11-26-24(28)16-27(2)3/h1,5-13,20,23,30H,14-16H2,2-3H3/t20-,23-/m1/s1. The fourth-order valence-electron chi connectivity index (χ4n) is 4.05. The molecule has 0 aliphatic carbocycles. The van der Waals surface area contributed by atoms with Crippen LogP contribution in [0.3, 0.4) is 0 Å². The molecule has 30 heavy (non-hydrogen) atoms. The summed E-state index contributed by atoms with van der Waals surface area (Å²) in [6, 6.07) is 12.6. The van der Waals surface area contributed by atoms with Crippen LogP contribution < -0.4 is 4.90 Å². The summed E-state index contributed by atoms with van der Waals surface area (Å²) in [6.45, 7) is 1.11. The molecule has 2 aromatic carbocycles. The Balaban J connectivity index is 1.65. The molecular weight excluding hydrogens is 379 g/mol. The second-order valence-corrected chi connectivity index (χ2v) is 7.91. The van der Waals surface area contributed by atoms with Crippen molar-refractivity contribution in [2.24, 2.45) is 0 Å². The molecule has 1 fully saturated rings. The number of halogens is 1. The molecule has 2 heterocycles. The molecule has 0 spiro atoms. The van der Waals surface area contributed by atoms with E-state index in [9.17, 15) is 5.11 Å². The van der Waals surface area contributed by atoms with Crippen LogP contribution in [0.25, 0.3) is 5.69 Å². The van der Waals surface area contributed by atoms with Gasteiger partial charge in [0, 0.05) is 41.4 Å². The Morgan fingerprint density at radius 1 is 1.20 bits per heavy atom. The first kappa shape index (κ1) is 20.1. The Bertz CT molecular complexity index is 1070. The summed E-state index contributed by atoms with van der Waals surface area (Å²) in [5.74, 6) is 3.16. The number of terminal acetylenes is 1. The Hall–Kier alpha value is -3.14. The molecule has 0 saturated carbocycles. The van der Waals surface area contributed by atoms with Gasteiger partial charge in [0.2, 0.25) is 0 Å². The fraction of sp³-hybridized carbons (Fsp3) is 0.292. The van der Waals surface area contributed by atoms with Crippen LogP contribution in [0.5, 0.6) is 0 Å². The second kappa shape index (κ2) is 8.31. The lowest BCUT2D eigenvalue weighted by atomic mass is 10.0. The molecule has 1 aliphatic rings. The Labute approximate surface area is 176 Å². The van der Waals surface area contributed by atoms with Crippen LogP contribution in [0.4, 0.5) is 10.1 Å². The number of benzene rings is 2. The van der Waals surface area contributed by atoms with Crippen LogP contribution in [0.15, 0.2) is 54.9 Å². The van der Waals surface area contributed by atoms with Gasteiger partial charge in [-0.05, 0) is 56.9 Å². The molecule has 0 unspecified atom stereocenters. The van der Waals surface area contributed by atoms with Gasteiger partial charge in [0.25, 0.3) is 0 Å². The molecule has 1 aromatic heterocycles. The van der Waals surface area contributed by atoms with Gasteiger partial charge in [-0.15, -0.1) is 6.42 Å². The minimum atomic E-state index is -0.512. The predicted molar refractivity (Wildman–Crippen MR) is 116 cm³/mol. The molecule has 3 aromatic rings. The minimum absolute atomic E-state index is 0.241. The van der Waals surface area contributed by atoms with E-state index >= 15 is 4.39 Å². The zero-order valence-electron chi connectivity index (χ0n) is 17.2. The molecule has 0 amide bonds. The number of imidazole rings is 1. The van der Waals surface area contributed by atoms with Crippen molar-refractivity contribution in [3.63, 3.8) is 0 Å². The Morgan fingerprint density at radius 3 is 2.60 bits per heavy atom. The zero-order chi connectivity index (χ0) is 21.3. The third-order valence-electron chi connectivity index (χ3n) is 5.44. The molecular formula is C24H25FN4O. The SMILES string of the molecule is C#Cc1ccc(N2C[C@H](O)C[C@@H]2c2ccc(-n3ccnc3CN(C)C)cc2F)cc1. The van der Waals surface area contributed by atoms with Crippen LogP contribution in [0, 0.1) is 18.2 Å². The molecule has 4 rings (SSSR count). The van der Waals surface area contributed by atoms with Gasteiger partial charge in [-0.1, -0.05) is 12.0 Å². The second-order valence-electron chi connectivity index (χ2n) is 7.91. The maximum Gasteiger partial charge on any atom is 0.130 e. The highest BCUT2D eigenvalue weighted by Gasteiger charge is 2.34. The van der Waals surface area contributed by atoms with Crippen LogP contribution >= 0.6 is 0 Å². The maximum absolute atomic E-state index is 15.2. The van der Waals surface area contributed by atoms with Gasteiger partial charge in [-0.25, -0.2) is 9.37 Å².